The van der Waals surface area contributed by atoms with Gasteiger partial charge in [0, 0.05) is 11.6 Å². The van der Waals surface area contributed by atoms with E-state index in [0.29, 0.717) is 17.0 Å². The van der Waals surface area contributed by atoms with Crippen LogP contribution in [0.1, 0.15) is 23.0 Å². The summed E-state index contributed by atoms with van der Waals surface area (Å²) >= 11 is 0. The fourth-order valence-electron chi connectivity index (χ4n) is 1.67. The van der Waals surface area contributed by atoms with Gasteiger partial charge >= 0.3 is 5.97 Å². The Hall–Kier alpha value is -2.62. The van der Waals surface area contributed by atoms with E-state index in [9.17, 15) is 4.79 Å². The van der Waals surface area contributed by atoms with Crippen LogP contribution in [0.15, 0.2) is 53.6 Å². The number of aromatic nitrogens is 1. The van der Waals surface area contributed by atoms with Gasteiger partial charge in [-0.3, -0.25) is 0 Å². The molecule has 0 saturated heterocycles. The summed E-state index contributed by atoms with van der Waals surface area (Å²) in [7, 11) is 0. The molecule has 0 spiro atoms. The van der Waals surface area contributed by atoms with Crippen LogP contribution < -0.4 is 0 Å². The van der Waals surface area contributed by atoms with Gasteiger partial charge in [0.25, 0.3) is 0 Å². The Kier molecular flexibility index (Phi) is 3.61. The zero-order valence-corrected chi connectivity index (χ0v) is 10.5. The van der Waals surface area contributed by atoms with E-state index in [1.165, 1.54) is 6.07 Å². The van der Waals surface area contributed by atoms with Crippen LogP contribution in [0.5, 0.6) is 0 Å². The molecule has 96 valence electrons. The predicted octanol–water partition coefficient (Wildman–Crippen LogP) is 3.63. The minimum Gasteiger partial charge on any atom is -0.478 e. The number of rotatable bonds is 4. The molecule has 1 heterocycles. The lowest BCUT2D eigenvalue weighted by Crippen LogP contribution is -1.95. The molecule has 4 nitrogen and oxygen atoms in total. The van der Waals surface area contributed by atoms with Gasteiger partial charge in [-0.15, -0.1) is 0 Å². The first-order valence-electron chi connectivity index (χ1n) is 5.72. The number of aromatic carboxylic acids is 1. The first-order valence-corrected chi connectivity index (χ1v) is 5.72. The number of carboxylic acids is 1. The van der Waals surface area contributed by atoms with Crippen LogP contribution in [0.4, 0.5) is 0 Å². The highest BCUT2D eigenvalue weighted by atomic mass is 16.5. The van der Waals surface area contributed by atoms with Crippen molar-refractivity contribution < 1.29 is 14.4 Å². The van der Waals surface area contributed by atoms with E-state index < -0.39 is 5.97 Å². The van der Waals surface area contributed by atoms with E-state index in [-0.39, 0.29) is 5.56 Å². The summed E-state index contributed by atoms with van der Waals surface area (Å²) in [6, 6.07) is 8.35. The third kappa shape index (κ3) is 2.80. The van der Waals surface area contributed by atoms with E-state index in [1.807, 2.05) is 13.0 Å². The Morgan fingerprint density at radius 1 is 1.42 bits per heavy atom. The summed E-state index contributed by atoms with van der Waals surface area (Å²) in [5.74, 6) is -0.330. The largest absolute Gasteiger partial charge is 0.478 e. The first kappa shape index (κ1) is 12.8. The Bertz CT molecular complexity index is 653. The van der Waals surface area contributed by atoms with Crippen LogP contribution in [0.2, 0.25) is 0 Å². The van der Waals surface area contributed by atoms with E-state index >= 15 is 0 Å². The number of benzene rings is 1. The standard InChI is InChI=1S/C15H13NO3/c1-3-5-10(2)14-9-13(16-19-14)11-6-4-7-12(8-11)15(17)18/h3-9H,1H2,2H3,(H,17,18)/b10-5+. The number of carboxylic acid groups (broad SMARTS) is 1. The molecule has 0 aliphatic carbocycles. The third-order valence-electron chi connectivity index (χ3n) is 2.67. The maximum absolute atomic E-state index is 10.9. The number of carbonyl (C=O) groups is 1. The van der Waals surface area contributed by atoms with E-state index in [1.54, 1.807) is 30.3 Å². The summed E-state index contributed by atoms with van der Waals surface area (Å²) in [5, 5.41) is 12.9. The predicted molar refractivity (Wildman–Crippen MR) is 72.7 cm³/mol. The average molecular weight is 255 g/mol. The molecule has 0 aliphatic heterocycles. The molecular weight excluding hydrogens is 242 g/mol. The molecule has 0 unspecified atom stereocenters. The van der Waals surface area contributed by atoms with Gasteiger partial charge in [0.15, 0.2) is 5.76 Å². The zero-order valence-electron chi connectivity index (χ0n) is 10.5. The first-order chi connectivity index (χ1) is 9.11. The average Bonchev–Trinajstić information content (AvgIpc) is 2.89. The zero-order chi connectivity index (χ0) is 13.8. The number of nitrogens with zero attached hydrogens (tertiary/aromatic N) is 1. The monoisotopic (exact) mass is 255 g/mol. The maximum atomic E-state index is 10.9. The molecular formula is C15H13NO3. The quantitative estimate of drug-likeness (QED) is 0.847. The molecule has 0 saturated carbocycles. The molecule has 0 fully saturated rings. The molecule has 19 heavy (non-hydrogen) atoms. The van der Waals surface area contributed by atoms with Crippen molar-refractivity contribution in [2.75, 3.05) is 0 Å². The molecule has 1 aromatic heterocycles. The summed E-state index contributed by atoms with van der Waals surface area (Å²) in [6.45, 7) is 5.51. The van der Waals surface area contributed by atoms with E-state index in [0.717, 1.165) is 5.57 Å². The van der Waals surface area contributed by atoms with Crippen LogP contribution in [0, 0.1) is 0 Å². The number of hydrogen-bond acceptors (Lipinski definition) is 3. The lowest BCUT2D eigenvalue weighted by molar-refractivity contribution is 0.0697. The Morgan fingerprint density at radius 2 is 2.21 bits per heavy atom. The van der Waals surface area contributed by atoms with Gasteiger partial charge in [-0.05, 0) is 24.6 Å². The van der Waals surface area contributed by atoms with Gasteiger partial charge in [-0.25, -0.2) is 4.79 Å². The molecule has 0 aliphatic rings. The normalized spacial score (nSPS) is 11.3. The van der Waals surface area contributed by atoms with Crippen molar-refractivity contribution in [2.24, 2.45) is 0 Å². The minimum atomic E-state index is -0.965. The highest BCUT2D eigenvalue weighted by Crippen LogP contribution is 2.23. The Labute approximate surface area is 110 Å². The molecule has 1 N–H and O–H groups in total. The Morgan fingerprint density at radius 3 is 2.89 bits per heavy atom. The third-order valence-corrected chi connectivity index (χ3v) is 2.67. The van der Waals surface area contributed by atoms with Gasteiger partial charge in [0.05, 0.1) is 5.56 Å². The summed E-state index contributed by atoms with van der Waals surface area (Å²) in [6.07, 6.45) is 3.49. The Balaban J connectivity index is 2.38. The van der Waals surface area contributed by atoms with Crippen LogP contribution >= 0.6 is 0 Å². The minimum absolute atomic E-state index is 0.223. The van der Waals surface area contributed by atoms with E-state index in [4.69, 9.17) is 9.63 Å². The SMILES string of the molecule is C=C/C=C(\C)c1cc(-c2cccc(C(=O)O)c2)no1. The second-order valence-corrected chi connectivity index (χ2v) is 4.05. The fraction of sp³-hybridized carbons (Fsp3) is 0.0667. The van der Waals surface area contributed by atoms with Crippen LogP contribution in [0.25, 0.3) is 16.8 Å². The van der Waals surface area contributed by atoms with Crippen LogP contribution in [-0.4, -0.2) is 16.2 Å². The van der Waals surface area contributed by atoms with Crippen LogP contribution in [-0.2, 0) is 0 Å². The highest BCUT2D eigenvalue weighted by Gasteiger charge is 2.10. The summed E-state index contributed by atoms with van der Waals surface area (Å²) < 4.78 is 5.22. The van der Waals surface area contributed by atoms with Crippen molar-refractivity contribution in [3.05, 3.63) is 60.4 Å². The molecule has 1 aromatic carbocycles. The smallest absolute Gasteiger partial charge is 0.335 e. The molecule has 2 rings (SSSR count). The highest BCUT2D eigenvalue weighted by molar-refractivity contribution is 5.89. The topological polar surface area (TPSA) is 63.3 Å². The second-order valence-electron chi connectivity index (χ2n) is 4.05. The number of hydrogen-bond donors (Lipinski definition) is 1. The second kappa shape index (κ2) is 5.35. The summed E-state index contributed by atoms with van der Waals surface area (Å²) in [4.78, 5) is 10.9. The van der Waals surface area contributed by atoms with Gasteiger partial charge in [-0.2, -0.15) is 0 Å². The molecule has 4 heteroatoms. The van der Waals surface area contributed by atoms with Gasteiger partial charge < -0.3 is 9.63 Å². The van der Waals surface area contributed by atoms with Gasteiger partial charge in [-0.1, -0.05) is 36.0 Å². The van der Waals surface area contributed by atoms with Crippen molar-refractivity contribution in [1.29, 1.82) is 0 Å². The summed E-state index contributed by atoms with van der Waals surface area (Å²) in [5.41, 5.74) is 2.44. The van der Waals surface area contributed by atoms with Gasteiger partial charge in [0.2, 0.25) is 0 Å². The van der Waals surface area contributed by atoms with Crippen molar-refractivity contribution in [2.45, 2.75) is 6.92 Å². The lowest BCUT2D eigenvalue weighted by atomic mass is 10.1. The maximum Gasteiger partial charge on any atom is 0.335 e. The van der Waals surface area contributed by atoms with Crippen LogP contribution in [0.3, 0.4) is 0 Å². The van der Waals surface area contributed by atoms with E-state index in [2.05, 4.69) is 11.7 Å². The van der Waals surface area contributed by atoms with Gasteiger partial charge in [0.1, 0.15) is 5.69 Å². The fourth-order valence-corrected chi connectivity index (χ4v) is 1.67. The van der Waals surface area contributed by atoms with Crippen molar-refractivity contribution in [1.82, 2.24) is 5.16 Å². The molecule has 2 aromatic rings. The molecule has 0 radical (unpaired) electrons. The van der Waals surface area contributed by atoms with Crippen molar-refractivity contribution in [3.63, 3.8) is 0 Å². The number of allylic oxidation sites excluding steroid dienone is 3. The van der Waals surface area contributed by atoms with Crippen molar-refractivity contribution >= 4 is 11.5 Å². The molecule has 0 atom stereocenters. The molecule has 0 bridgehead atoms. The molecule has 0 amide bonds. The lowest BCUT2D eigenvalue weighted by Gasteiger charge is -1.97. The van der Waals surface area contributed by atoms with Crippen molar-refractivity contribution in [3.8, 4) is 11.3 Å².